The molecule has 1 aromatic heterocycles. The number of nitrogens with two attached hydrogens (primary N) is 1. The van der Waals surface area contributed by atoms with Gasteiger partial charge in [0.25, 0.3) is 0 Å². The lowest BCUT2D eigenvalue weighted by atomic mass is 10.0. The van der Waals surface area contributed by atoms with Crippen LogP contribution in [0.4, 0.5) is 4.39 Å². The number of carbonyl (C=O) groups excluding carboxylic acids is 3. The summed E-state index contributed by atoms with van der Waals surface area (Å²) in [5.41, 5.74) is 6.90. The fourth-order valence-electron chi connectivity index (χ4n) is 3.41. The van der Waals surface area contributed by atoms with Crippen LogP contribution in [-0.2, 0) is 27.3 Å². The van der Waals surface area contributed by atoms with E-state index in [0.29, 0.717) is 18.7 Å². The summed E-state index contributed by atoms with van der Waals surface area (Å²) in [5.74, 6) is -1.76. The first kappa shape index (κ1) is 20.0. The highest BCUT2D eigenvalue weighted by atomic mass is 32.1. The van der Waals surface area contributed by atoms with Crippen LogP contribution >= 0.6 is 11.3 Å². The van der Waals surface area contributed by atoms with E-state index in [-0.39, 0.29) is 18.7 Å². The average Bonchev–Trinajstić information content (AvgIpc) is 3.13. The van der Waals surface area contributed by atoms with Crippen LogP contribution in [0.2, 0.25) is 0 Å². The van der Waals surface area contributed by atoms with Gasteiger partial charge in [-0.3, -0.25) is 14.4 Å². The van der Waals surface area contributed by atoms with Gasteiger partial charge in [-0.2, -0.15) is 0 Å². The number of nitrogens with zero attached hydrogens (tertiary/aromatic N) is 2. The Bertz CT molecular complexity index is 898. The van der Waals surface area contributed by atoms with Gasteiger partial charge in [0.1, 0.15) is 11.9 Å². The van der Waals surface area contributed by atoms with E-state index in [1.807, 2.05) is 11.4 Å². The second kappa shape index (κ2) is 8.52. The third kappa shape index (κ3) is 4.39. The topological polar surface area (TPSA) is 83.7 Å². The first-order chi connectivity index (χ1) is 13.4. The molecule has 8 heteroatoms. The van der Waals surface area contributed by atoms with E-state index >= 15 is 0 Å². The van der Waals surface area contributed by atoms with Gasteiger partial charge in [0.15, 0.2) is 0 Å². The first-order valence-corrected chi connectivity index (χ1v) is 9.88. The van der Waals surface area contributed by atoms with Gasteiger partial charge in [-0.1, -0.05) is 12.1 Å². The summed E-state index contributed by atoms with van der Waals surface area (Å²) >= 11 is 1.70. The summed E-state index contributed by atoms with van der Waals surface area (Å²) in [4.78, 5) is 41.1. The Kier molecular flexibility index (Phi) is 6.08. The van der Waals surface area contributed by atoms with Crippen LogP contribution in [0.1, 0.15) is 34.9 Å². The predicted molar refractivity (Wildman–Crippen MR) is 104 cm³/mol. The SMILES string of the molecule is CN(C(=O)CCC(=O)N1CCc2sccc2C1)C(C(N)=O)c1cccc(F)c1. The maximum absolute atomic E-state index is 13.5. The summed E-state index contributed by atoms with van der Waals surface area (Å²) in [6.07, 6.45) is 0.842. The summed E-state index contributed by atoms with van der Waals surface area (Å²) in [7, 11) is 1.44. The number of amides is 3. The van der Waals surface area contributed by atoms with Crippen LogP contribution in [0.5, 0.6) is 0 Å². The zero-order valence-corrected chi connectivity index (χ0v) is 16.4. The Labute approximate surface area is 166 Å². The molecule has 148 valence electrons. The molecule has 1 aliphatic rings. The second-order valence-electron chi connectivity index (χ2n) is 6.80. The number of rotatable bonds is 6. The van der Waals surface area contributed by atoms with Crippen molar-refractivity contribution in [2.24, 2.45) is 5.73 Å². The Balaban J connectivity index is 1.60. The maximum atomic E-state index is 13.5. The number of fused-ring (bicyclic) bond motifs is 1. The molecule has 3 amide bonds. The van der Waals surface area contributed by atoms with E-state index in [0.717, 1.165) is 12.0 Å². The number of benzene rings is 1. The second-order valence-corrected chi connectivity index (χ2v) is 7.80. The lowest BCUT2D eigenvalue weighted by Gasteiger charge is -2.28. The van der Waals surface area contributed by atoms with Crippen molar-refractivity contribution in [3.05, 3.63) is 57.5 Å². The molecule has 1 atom stereocenters. The monoisotopic (exact) mass is 403 g/mol. The van der Waals surface area contributed by atoms with Gasteiger partial charge in [-0.05, 0) is 41.1 Å². The molecule has 2 N–H and O–H groups in total. The lowest BCUT2D eigenvalue weighted by Crippen LogP contribution is -2.40. The molecule has 1 aromatic carbocycles. The van der Waals surface area contributed by atoms with E-state index in [1.165, 1.54) is 35.0 Å². The quantitative estimate of drug-likeness (QED) is 0.803. The molecule has 2 heterocycles. The molecule has 0 aliphatic carbocycles. The Morgan fingerprint density at radius 3 is 2.79 bits per heavy atom. The van der Waals surface area contributed by atoms with Gasteiger partial charge in [0.2, 0.25) is 17.7 Å². The molecular formula is C20H22FN3O3S. The molecule has 1 aliphatic heterocycles. The molecule has 0 radical (unpaired) electrons. The Hall–Kier alpha value is -2.74. The predicted octanol–water partition coefficient (Wildman–Crippen LogP) is 2.24. The highest BCUT2D eigenvalue weighted by molar-refractivity contribution is 7.10. The third-order valence-corrected chi connectivity index (χ3v) is 5.95. The number of hydrogen-bond donors (Lipinski definition) is 1. The molecule has 1 unspecified atom stereocenters. The fourth-order valence-corrected chi connectivity index (χ4v) is 4.30. The minimum atomic E-state index is -1.08. The van der Waals surface area contributed by atoms with E-state index in [4.69, 9.17) is 5.73 Å². The molecule has 0 bridgehead atoms. The van der Waals surface area contributed by atoms with Crippen molar-refractivity contribution >= 4 is 29.1 Å². The standard InChI is InChI=1S/C20H22FN3O3S/c1-23(19(20(22)27)13-3-2-4-15(21)11-13)17(25)5-6-18(26)24-9-7-16-14(12-24)8-10-28-16/h2-4,8,10-11,19H,5-7,9,12H2,1H3,(H2,22,27). The van der Waals surface area contributed by atoms with Crippen LogP contribution in [0, 0.1) is 5.82 Å². The normalized spacial score (nSPS) is 14.3. The molecule has 28 heavy (non-hydrogen) atoms. The summed E-state index contributed by atoms with van der Waals surface area (Å²) in [6.45, 7) is 1.21. The van der Waals surface area contributed by atoms with Crippen LogP contribution in [0.25, 0.3) is 0 Å². The highest BCUT2D eigenvalue weighted by Gasteiger charge is 2.28. The van der Waals surface area contributed by atoms with E-state index in [1.54, 1.807) is 22.3 Å². The van der Waals surface area contributed by atoms with E-state index in [2.05, 4.69) is 0 Å². The zero-order chi connectivity index (χ0) is 20.3. The Morgan fingerprint density at radius 1 is 1.29 bits per heavy atom. The molecule has 2 aromatic rings. The molecule has 0 saturated carbocycles. The Morgan fingerprint density at radius 2 is 2.07 bits per heavy atom. The van der Waals surface area contributed by atoms with Crippen molar-refractivity contribution in [2.75, 3.05) is 13.6 Å². The van der Waals surface area contributed by atoms with Gasteiger partial charge in [-0.15, -0.1) is 11.3 Å². The molecule has 0 spiro atoms. The number of thiophene rings is 1. The smallest absolute Gasteiger partial charge is 0.244 e. The van der Waals surface area contributed by atoms with Gasteiger partial charge >= 0.3 is 0 Å². The van der Waals surface area contributed by atoms with Crippen molar-refractivity contribution in [3.63, 3.8) is 0 Å². The lowest BCUT2D eigenvalue weighted by molar-refractivity contribution is -0.140. The summed E-state index contributed by atoms with van der Waals surface area (Å²) in [6, 6.07) is 6.36. The number of likely N-dealkylation sites (N-methyl/N-ethyl adjacent to an activating group) is 1. The molecule has 0 fully saturated rings. The van der Waals surface area contributed by atoms with Crippen molar-refractivity contribution in [1.29, 1.82) is 0 Å². The third-order valence-electron chi connectivity index (χ3n) is 4.93. The molecule has 3 rings (SSSR count). The van der Waals surface area contributed by atoms with Crippen LogP contribution in [-0.4, -0.2) is 41.1 Å². The van der Waals surface area contributed by atoms with Gasteiger partial charge < -0.3 is 15.5 Å². The average molecular weight is 403 g/mol. The maximum Gasteiger partial charge on any atom is 0.244 e. The number of halogens is 1. The van der Waals surface area contributed by atoms with Gasteiger partial charge in [0.05, 0.1) is 0 Å². The number of hydrogen-bond acceptors (Lipinski definition) is 4. The minimum absolute atomic E-state index is 0.0403. The van der Waals surface area contributed by atoms with E-state index < -0.39 is 23.7 Å². The summed E-state index contributed by atoms with van der Waals surface area (Å²) in [5, 5.41) is 2.02. The zero-order valence-electron chi connectivity index (χ0n) is 15.6. The highest BCUT2D eigenvalue weighted by Crippen LogP contribution is 2.25. The van der Waals surface area contributed by atoms with Crippen molar-refractivity contribution in [1.82, 2.24) is 9.80 Å². The van der Waals surface area contributed by atoms with Crippen LogP contribution < -0.4 is 5.73 Å². The minimum Gasteiger partial charge on any atom is -0.368 e. The van der Waals surface area contributed by atoms with Crippen LogP contribution in [0.15, 0.2) is 35.7 Å². The van der Waals surface area contributed by atoms with Gasteiger partial charge in [-0.25, -0.2) is 4.39 Å². The molecular weight excluding hydrogens is 381 g/mol. The largest absolute Gasteiger partial charge is 0.368 e. The van der Waals surface area contributed by atoms with Crippen LogP contribution in [0.3, 0.4) is 0 Å². The molecule has 0 saturated heterocycles. The van der Waals surface area contributed by atoms with Gasteiger partial charge in [0, 0.05) is 37.9 Å². The first-order valence-electron chi connectivity index (χ1n) is 9.00. The van der Waals surface area contributed by atoms with E-state index in [9.17, 15) is 18.8 Å². The summed E-state index contributed by atoms with van der Waals surface area (Å²) < 4.78 is 13.5. The van der Waals surface area contributed by atoms with Crippen molar-refractivity contribution in [3.8, 4) is 0 Å². The van der Waals surface area contributed by atoms with Crippen molar-refractivity contribution in [2.45, 2.75) is 31.8 Å². The van der Waals surface area contributed by atoms with Crippen molar-refractivity contribution < 1.29 is 18.8 Å². The number of primary amides is 1. The number of carbonyl (C=O) groups is 3. The molecule has 6 nitrogen and oxygen atoms in total. The fraction of sp³-hybridized carbons (Fsp3) is 0.350.